The van der Waals surface area contributed by atoms with Crippen LogP contribution < -0.4 is 0 Å². The predicted molar refractivity (Wildman–Crippen MR) is 141 cm³/mol. The van der Waals surface area contributed by atoms with Crippen molar-refractivity contribution in [3.63, 3.8) is 0 Å². The number of carbonyl (C=O) groups excluding carboxylic acids is 1. The molecule has 6 nitrogen and oxygen atoms in total. The van der Waals surface area contributed by atoms with Gasteiger partial charge in [-0.25, -0.2) is 4.79 Å². The lowest BCUT2D eigenvalue weighted by molar-refractivity contribution is -0.147. The number of aliphatic hydroxyl groups is 2. The van der Waals surface area contributed by atoms with Crippen LogP contribution in [0.2, 0.25) is 0 Å². The fraction of sp³-hybridized carbons (Fsp3) is 0.567. The van der Waals surface area contributed by atoms with Crippen LogP contribution in [0, 0.1) is 5.92 Å². The van der Waals surface area contributed by atoms with Gasteiger partial charge in [-0.2, -0.15) is 0 Å². The van der Waals surface area contributed by atoms with Crippen LogP contribution in [0.3, 0.4) is 0 Å². The van der Waals surface area contributed by atoms with Gasteiger partial charge in [-0.05, 0) is 51.4 Å². The quantitative estimate of drug-likeness (QED) is 0.426. The second-order valence-electron chi connectivity index (χ2n) is 10.3. The van der Waals surface area contributed by atoms with Crippen LogP contribution in [0.25, 0.3) is 0 Å². The third kappa shape index (κ3) is 10.0. The van der Waals surface area contributed by atoms with E-state index in [2.05, 4.69) is 26.5 Å². The molecule has 0 aromatic rings. The van der Waals surface area contributed by atoms with E-state index >= 15 is 0 Å². The van der Waals surface area contributed by atoms with Crippen LogP contribution in [0.1, 0.15) is 58.8 Å². The fourth-order valence-electron chi connectivity index (χ4n) is 4.86. The summed E-state index contributed by atoms with van der Waals surface area (Å²) in [4.78, 5) is 12.5. The number of esters is 1. The van der Waals surface area contributed by atoms with Crippen molar-refractivity contribution in [2.24, 2.45) is 5.92 Å². The van der Waals surface area contributed by atoms with Gasteiger partial charge in [0, 0.05) is 12.5 Å². The van der Waals surface area contributed by atoms with Crippen LogP contribution in [-0.4, -0.2) is 59.4 Å². The zero-order valence-electron chi connectivity index (χ0n) is 21.6. The van der Waals surface area contributed by atoms with Crippen LogP contribution in [-0.2, 0) is 19.0 Å². The van der Waals surface area contributed by atoms with Crippen molar-refractivity contribution in [3.8, 4) is 0 Å². The zero-order valence-corrected chi connectivity index (χ0v) is 21.6. The second kappa shape index (κ2) is 14.5. The maximum absolute atomic E-state index is 12.5. The molecule has 0 aromatic carbocycles. The summed E-state index contributed by atoms with van der Waals surface area (Å²) < 4.78 is 17.5. The molecule has 7 atom stereocenters. The highest BCUT2D eigenvalue weighted by Crippen LogP contribution is 2.26. The molecular weight excluding hydrogens is 456 g/mol. The smallest absolute Gasteiger partial charge is 0.330 e. The molecule has 0 aromatic heterocycles. The normalized spacial score (nSPS) is 35.8. The summed E-state index contributed by atoms with van der Waals surface area (Å²) in [5, 5.41) is 21.3. The zero-order chi connectivity index (χ0) is 25.9. The minimum absolute atomic E-state index is 0.0795. The third-order valence-electron chi connectivity index (χ3n) is 6.70. The van der Waals surface area contributed by atoms with E-state index in [0.717, 1.165) is 31.3 Å². The molecule has 0 saturated heterocycles. The van der Waals surface area contributed by atoms with Gasteiger partial charge in [0.1, 0.15) is 12.2 Å². The summed E-state index contributed by atoms with van der Waals surface area (Å²) in [5.74, 6) is -0.123. The Morgan fingerprint density at radius 1 is 1.11 bits per heavy atom. The first-order chi connectivity index (χ1) is 17.3. The molecule has 3 rings (SSSR count). The van der Waals surface area contributed by atoms with Gasteiger partial charge in [-0.1, -0.05) is 73.3 Å². The lowest BCUT2D eigenvalue weighted by Gasteiger charge is -2.28. The van der Waals surface area contributed by atoms with Crippen molar-refractivity contribution in [2.75, 3.05) is 6.61 Å². The van der Waals surface area contributed by atoms with Gasteiger partial charge in [0.15, 0.2) is 0 Å². The lowest BCUT2D eigenvalue weighted by atomic mass is 9.91. The minimum Gasteiger partial charge on any atom is -0.456 e. The van der Waals surface area contributed by atoms with Crippen LogP contribution in [0.5, 0.6) is 0 Å². The molecule has 0 amide bonds. The highest BCUT2D eigenvalue weighted by Gasteiger charge is 2.23. The summed E-state index contributed by atoms with van der Waals surface area (Å²) in [6.45, 7) is 8.95. The van der Waals surface area contributed by atoms with E-state index in [4.69, 9.17) is 14.2 Å². The Morgan fingerprint density at radius 2 is 1.92 bits per heavy atom. The number of aliphatic hydroxyl groups excluding tert-OH is 2. The second-order valence-corrected chi connectivity index (χ2v) is 10.3. The molecule has 6 heteroatoms. The van der Waals surface area contributed by atoms with Crippen molar-refractivity contribution < 1.29 is 29.2 Å². The SMILES string of the molecule is C=C1C[C@H](C)C[C@@H]2CC=C[C@@H](C/C=C\C(=O)O[C@H]([C@@H](O)/C=C/[C@@H]3CC(C)=CCO3)C/C=C/[C@H](O)C1)O2. The summed E-state index contributed by atoms with van der Waals surface area (Å²) >= 11 is 0. The van der Waals surface area contributed by atoms with Gasteiger partial charge in [0.05, 0.1) is 31.0 Å². The number of ether oxygens (including phenoxy) is 3. The largest absolute Gasteiger partial charge is 0.456 e. The van der Waals surface area contributed by atoms with E-state index in [-0.39, 0.29) is 24.7 Å². The molecule has 0 unspecified atom stereocenters. The Morgan fingerprint density at radius 3 is 2.72 bits per heavy atom. The average Bonchev–Trinajstić information content (AvgIpc) is 2.81. The van der Waals surface area contributed by atoms with Crippen LogP contribution >= 0.6 is 0 Å². The van der Waals surface area contributed by atoms with Gasteiger partial charge in [0.25, 0.3) is 0 Å². The number of carbonyl (C=O) groups is 1. The molecule has 0 spiro atoms. The summed E-state index contributed by atoms with van der Waals surface area (Å²) in [5.41, 5.74) is 2.24. The average molecular weight is 499 g/mol. The molecule has 0 aliphatic carbocycles. The summed E-state index contributed by atoms with van der Waals surface area (Å²) in [6.07, 6.45) is 18.5. The Labute approximate surface area is 215 Å². The molecule has 0 fully saturated rings. The van der Waals surface area contributed by atoms with Crippen molar-refractivity contribution >= 4 is 5.97 Å². The molecule has 3 heterocycles. The fourth-order valence-corrected chi connectivity index (χ4v) is 4.86. The van der Waals surface area contributed by atoms with E-state index in [1.165, 1.54) is 11.6 Å². The van der Waals surface area contributed by atoms with E-state index < -0.39 is 24.3 Å². The molecule has 36 heavy (non-hydrogen) atoms. The molecule has 3 aliphatic heterocycles. The van der Waals surface area contributed by atoms with Gasteiger partial charge < -0.3 is 24.4 Å². The predicted octanol–water partition coefficient (Wildman–Crippen LogP) is 4.89. The summed E-state index contributed by atoms with van der Waals surface area (Å²) in [6, 6.07) is 0. The third-order valence-corrected chi connectivity index (χ3v) is 6.70. The molecule has 3 aliphatic rings. The maximum atomic E-state index is 12.5. The monoisotopic (exact) mass is 498 g/mol. The number of hydrogen-bond acceptors (Lipinski definition) is 6. The van der Waals surface area contributed by atoms with E-state index in [1.807, 2.05) is 18.2 Å². The first-order valence-electron chi connectivity index (χ1n) is 13.1. The van der Waals surface area contributed by atoms with Crippen molar-refractivity contribution in [3.05, 3.63) is 72.4 Å². The first kappa shape index (κ1) is 28.3. The first-order valence-corrected chi connectivity index (χ1v) is 13.1. The van der Waals surface area contributed by atoms with Gasteiger partial charge in [-0.15, -0.1) is 0 Å². The van der Waals surface area contributed by atoms with Gasteiger partial charge >= 0.3 is 5.97 Å². The molecular formula is C30H42O6. The Hall–Kier alpha value is -2.25. The van der Waals surface area contributed by atoms with Crippen molar-refractivity contribution in [1.82, 2.24) is 0 Å². The molecule has 0 saturated carbocycles. The van der Waals surface area contributed by atoms with Crippen molar-refractivity contribution in [2.45, 2.75) is 95.4 Å². The Bertz CT molecular complexity index is 882. The minimum atomic E-state index is -1.01. The number of rotatable bonds is 3. The molecule has 2 bridgehead atoms. The number of fused-ring (bicyclic) bond motifs is 2. The Kier molecular flexibility index (Phi) is 11.4. The Balaban J connectivity index is 1.70. The van der Waals surface area contributed by atoms with E-state index in [0.29, 0.717) is 25.4 Å². The van der Waals surface area contributed by atoms with Crippen LogP contribution in [0.4, 0.5) is 0 Å². The van der Waals surface area contributed by atoms with E-state index in [1.54, 1.807) is 24.3 Å². The number of cyclic esters (lactones) is 1. The highest BCUT2D eigenvalue weighted by molar-refractivity contribution is 5.82. The maximum Gasteiger partial charge on any atom is 0.330 e. The highest BCUT2D eigenvalue weighted by atomic mass is 16.6. The van der Waals surface area contributed by atoms with Crippen LogP contribution in [0.15, 0.2) is 72.4 Å². The molecule has 2 N–H and O–H groups in total. The molecule has 0 radical (unpaired) electrons. The topological polar surface area (TPSA) is 85.2 Å². The van der Waals surface area contributed by atoms with E-state index in [9.17, 15) is 15.0 Å². The summed E-state index contributed by atoms with van der Waals surface area (Å²) in [7, 11) is 0. The number of hydrogen-bond donors (Lipinski definition) is 2. The van der Waals surface area contributed by atoms with Crippen molar-refractivity contribution in [1.29, 1.82) is 0 Å². The molecule has 198 valence electrons. The standard InChI is InChI=1S/C30H42O6/c1-21-15-16-34-26(19-21)13-14-28(32)29-11-4-7-24(31)18-22(2)17-23(3)20-27-10-5-8-25(35-27)9-6-12-30(33)36-29/h4-8,12-15,23-29,31-32H,2,9-11,16-20H2,1,3H3/b7-4+,12-6-,14-13+/t23-,24-,25-,26+,27-,28-,29-/m0/s1. The lowest BCUT2D eigenvalue weighted by Crippen LogP contribution is -2.30. The van der Waals surface area contributed by atoms with Gasteiger partial charge in [-0.3, -0.25) is 0 Å². The van der Waals surface area contributed by atoms with Gasteiger partial charge in [0.2, 0.25) is 0 Å².